The molecule has 0 radical (unpaired) electrons. The molecule has 0 aliphatic carbocycles. The molecule has 0 amide bonds. The first kappa shape index (κ1) is 13.1. The zero-order valence-electron chi connectivity index (χ0n) is 10.8. The van der Waals surface area contributed by atoms with Gasteiger partial charge in [-0.1, -0.05) is 6.07 Å². The van der Waals surface area contributed by atoms with Gasteiger partial charge in [-0.25, -0.2) is 9.37 Å². The van der Waals surface area contributed by atoms with Gasteiger partial charge < -0.3 is 9.80 Å². The highest BCUT2D eigenvalue weighted by molar-refractivity contribution is 7.13. The van der Waals surface area contributed by atoms with E-state index in [0.717, 1.165) is 31.3 Å². The molecule has 4 nitrogen and oxygen atoms in total. The molecule has 104 valence electrons. The van der Waals surface area contributed by atoms with Crippen LogP contribution in [0.1, 0.15) is 10.4 Å². The number of rotatable bonds is 3. The third-order valence-corrected chi connectivity index (χ3v) is 4.29. The lowest BCUT2D eigenvalue weighted by Crippen LogP contribution is -2.46. The summed E-state index contributed by atoms with van der Waals surface area (Å²) in [6.07, 6.45) is 2.39. The van der Waals surface area contributed by atoms with Gasteiger partial charge in [0.1, 0.15) is 5.82 Å². The molecule has 1 aromatic carbocycles. The number of carbonyl (C=O) groups excluding carboxylic acids is 1. The van der Waals surface area contributed by atoms with Crippen molar-refractivity contribution in [2.45, 2.75) is 0 Å². The van der Waals surface area contributed by atoms with Crippen LogP contribution in [-0.4, -0.2) is 37.4 Å². The van der Waals surface area contributed by atoms with Gasteiger partial charge in [-0.15, -0.1) is 11.3 Å². The number of halogens is 1. The fourth-order valence-electron chi connectivity index (χ4n) is 2.43. The molecule has 1 saturated heterocycles. The SMILES string of the molecule is O=Cc1c(F)cccc1N1CCN(c2nccs2)CC1. The summed E-state index contributed by atoms with van der Waals surface area (Å²) in [6, 6.07) is 4.76. The maximum atomic E-state index is 13.6. The Morgan fingerprint density at radius 1 is 1.20 bits per heavy atom. The van der Waals surface area contributed by atoms with Crippen molar-refractivity contribution in [2.75, 3.05) is 36.0 Å². The molecule has 0 N–H and O–H groups in total. The standard InChI is InChI=1S/C14H14FN3OS/c15-12-2-1-3-13(11(12)10-19)17-5-7-18(8-6-17)14-16-4-9-20-14/h1-4,9-10H,5-8H2. The Kier molecular flexibility index (Phi) is 3.64. The Hall–Kier alpha value is -1.95. The summed E-state index contributed by atoms with van der Waals surface area (Å²) < 4.78 is 13.6. The first-order valence-corrected chi connectivity index (χ1v) is 7.30. The van der Waals surface area contributed by atoms with Crippen molar-refractivity contribution in [3.63, 3.8) is 0 Å². The van der Waals surface area contributed by atoms with Crippen molar-refractivity contribution in [3.05, 3.63) is 41.2 Å². The average Bonchev–Trinajstić information content (AvgIpc) is 3.01. The van der Waals surface area contributed by atoms with Crippen LogP contribution in [0.2, 0.25) is 0 Å². The number of thiazole rings is 1. The lowest BCUT2D eigenvalue weighted by Gasteiger charge is -2.36. The Morgan fingerprint density at radius 3 is 2.60 bits per heavy atom. The van der Waals surface area contributed by atoms with Gasteiger partial charge in [-0.2, -0.15) is 0 Å². The monoisotopic (exact) mass is 291 g/mol. The van der Waals surface area contributed by atoms with Gasteiger partial charge in [0, 0.05) is 37.8 Å². The maximum Gasteiger partial charge on any atom is 0.185 e. The van der Waals surface area contributed by atoms with Gasteiger partial charge in [-0.3, -0.25) is 4.79 Å². The minimum atomic E-state index is -0.458. The number of aldehydes is 1. The van der Waals surface area contributed by atoms with Crippen LogP contribution < -0.4 is 9.80 Å². The predicted octanol–water partition coefficient (Wildman–Crippen LogP) is 2.42. The van der Waals surface area contributed by atoms with E-state index in [-0.39, 0.29) is 5.56 Å². The van der Waals surface area contributed by atoms with Gasteiger partial charge in [0.25, 0.3) is 0 Å². The van der Waals surface area contributed by atoms with E-state index in [1.807, 2.05) is 5.38 Å². The molecule has 2 aromatic rings. The summed E-state index contributed by atoms with van der Waals surface area (Å²) in [7, 11) is 0. The number of benzene rings is 1. The molecule has 0 saturated carbocycles. The predicted molar refractivity (Wildman–Crippen MR) is 78.3 cm³/mol. The van der Waals surface area contributed by atoms with Crippen LogP contribution in [0.4, 0.5) is 15.2 Å². The smallest absolute Gasteiger partial charge is 0.185 e. The molecule has 1 fully saturated rings. The maximum absolute atomic E-state index is 13.6. The number of hydrogen-bond donors (Lipinski definition) is 0. The van der Waals surface area contributed by atoms with Crippen LogP contribution in [-0.2, 0) is 0 Å². The molecule has 1 aliphatic heterocycles. The third-order valence-electron chi connectivity index (χ3n) is 3.46. The van der Waals surface area contributed by atoms with E-state index in [4.69, 9.17) is 0 Å². The number of anilines is 2. The number of nitrogens with zero attached hydrogens (tertiary/aromatic N) is 3. The Bertz CT molecular complexity index is 594. The topological polar surface area (TPSA) is 36.4 Å². The van der Waals surface area contributed by atoms with Crippen molar-refractivity contribution in [1.29, 1.82) is 0 Å². The van der Waals surface area contributed by atoms with Gasteiger partial charge in [-0.05, 0) is 12.1 Å². The summed E-state index contributed by atoms with van der Waals surface area (Å²) in [5, 5.41) is 2.97. The Labute approximate surface area is 120 Å². The zero-order chi connectivity index (χ0) is 13.9. The second-order valence-electron chi connectivity index (χ2n) is 4.58. The van der Waals surface area contributed by atoms with E-state index < -0.39 is 5.82 Å². The zero-order valence-corrected chi connectivity index (χ0v) is 11.6. The minimum Gasteiger partial charge on any atom is -0.367 e. The molecule has 6 heteroatoms. The van der Waals surface area contributed by atoms with Crippen LogP contribution in [0, 0.1) is 5.82 Å². The highest BCUT2D eigenvalue weighted by Gasteiger charge is 2.21. The first-order valence-electron chi connectivity index (χ1n) is 6.42. The molecule has 0 atom stereocenters. The average molecular weight is 291 g/mol. The summed E-state index contributed by atoms with van der Waals surface area (Å²) >= 11 is 1.62. The second kappa shape index (κ2) is 5.58. The molecule has 0 bridgehead atoms. The second-order valence-corrected chi connectivity index (χ2v) is 5.45. The first-order chi connectivity index (χ1) is 9.79. The summed E-state index contributed by atoms with van der Waals surface area (Å²) in [4.78, 5) is 19.6. The Balaban J connectivity index is 1.75. The fraction of sp³-hybridized carbons (Fsp3) is 0.286. The lowest BCUT2D eigenvalue weighted by molar-refractivity contribution is 0.112. The highest BCUT2D eigenvalue weighted by Crippen LogP contribution is 2.25. The molecule has 1 aliphatic rings. The summed E-state index contributed by atoms with van der Waals surface area (Å²) in [5.41, 5.74) is 0.828. The molecule has 1 aromatic heterocycles. The number of hydrogen-bond acceptors (Lipinski definition) is 5. The van der Waals surface area contributed by atoms with Crippen LogP contribution in [0.3, 0.4) is 0 Å². The van der Waals surface area contributed by atoms with Crippen molar-refractivity contribution >= 4 is 28.4 Å². The van der Waals surface area contributed by atoms with E-state index in [1.165, 1.54) is 6.07 Å². The third kappa shape index (κ3) is 2.38. The lowest BCUT2D eigenvalue weighted by atomic mass is 10.1. The van der Waals surface area contributed by atoms with Gasteiger partial charge >= 0.3 is 0 Å². The van der Waals surface area contributed by atoms with Crippen molar-refractivity contribution < 1.29 is 9.18 Å². The van der Waals surface area contributed by atoms with E-state index >= 15 is 0 Å². The van der Waals surface area contributed by atoms with Gasteiger partial charge in [0.2, 0.25) is 0 Å². The van der Waals surface area contributed by atoms with Crippen molar-refractivity contribution in [2.24, 2.45) is 0 Å². The Morgan fingerprint density at radius 2 is 1.95 bits per heavy atom. The summed E-state index contributed by atoms with van der Waals surface area (Å²) in [5.74, 6) is -0.458. The molecular formula is C14H14FN3OS. The minimum absolute atomic E-state index is 0.148. The quantitative estimate of drug-likeness (QED) is 0.814. The van der Waals surface area contributed by atoms with E-state index in [1.54, 1.807) is 29.7 Å². The molecule has 3 rings (SSSR count). The molecular weight excluding hydrogens is 277 g/mol. The van der Waals surface area contributed by atoms with E-state index in [9.17, 15) is 9.18 Å². The molecule has 2 heterocycles. The molecule has 0 spiro atoms. The summed E-state index contributed by atoms with van der Waals surface area (Å²) in [6.45, 7) is 3.15. The van der Waals surface area contributed by atoms with Gasteiger partial charge in [0.15, 0.2) is 11.4 Å². The van der Waals surface area contributed by atoms with Crippen molar-refractivity contribution in [1.82, 2.24) is 4.98 Å². The molecule has 20 heavy (non-hydrogen) atoms. The number of piperazine rings is 1. The largest absolute Gasteiger partial charge is 0.367 e. The van der Waals surface area contributed by atoms with Crippen LogP contribution in [0.5, 0.6) is 0 Å². The molecule has 0 unspecified atom stereocenters. The number of carbonyl (C=O) groups is 1. The van der Waals surface area contributed by atoms with E-state index in [2.05, 4.69) is 14.8 Å². The number of aromatic nitrogens is 1. The van der Waals surface area contributed by atoms with Gasteiger partial charge in [0.05, 0.1) is 11.3 Å². The van der Waals surface area contributed by atoms with Crippen LogP contribution in [0.15, 0.2) is 29.8 Å². The highest BCUT2D eigenvalue weighted by atomic mass is 32.1. The van der Waals surface area contributed by atoms with Crippen LogP contribution >= 0.6 is 11.3 Å². The van der Waals surface area contributed by atoms with Crippen molar-refractivity contribution in [3.8, 4) is 0 Å². The van der Waals surface area contributed by atoms with E-state index in [0.29, 0.717) is 12.0 Å². The fourth-order valence-corrected chi connectivity index (χ4v) is 3.13. The normalized spacial score (nSPS) is 15.4. The van der Waals surface area contributed by atoms with Crippen LogP contribution in [0.25, 0.3) is 0 Å².